The monoisotopic (exact) mass is 309 g/mol. The van der Waals surface area contributed by atoms with Crippen LogP contribution in [0.5, 0.6) is 5.75 Å². The van der Waals surface area contributed by atoms with Gasteiger partial charge < -0.3 is 14.2 Å². The molecule has 2 rings (SSSR count). The minimum Gasteiger partial charge on any atom is -0.494 e. The molecule has 0 aliphatic heterocycles. The highest BCUT2D eigenvalue weighted by atomic mass is 19.1. The first kappa shape index (κ1) is 15.7. The summed E-state index contributed by atoms with van der Waals surface area (Å²) in [5.74, 6) is -0.184. The number of aromatic nitrogens is 1. The Hall–Kier alpha value is -2.64. The maximum atomic E-state index is 13.7. The Morgan fingerprint density at radius 1 is 1.45 bits per heavy atom. The first-order valence-electron chi connectivity index (χ1n) is 6.50. The van der Waals surface area contributed by atoms with Crippen molar-refractivity contribution in [2.45, 2.75) is 20.4 Å². The summed E-state index contributed by atoms with van der Waals surface area (Å²) in [6.45, 7) is 3.90. The molecule has 0 unspecified atom stereocenters. The number of ether oxygens (including phenoxy) is 1. The molecule has 0 N–H and O–H groups in total. The van der Waals surface area contributed by atoms with Crippen LogP contribution in [0.2, 0.25) is 0 Å². The van der Waals surface area contributed by atoms with Crippen LogP contribution in [-0.2, 0) is 6.54 Å². The molecule has 0 saturated carbocycles. The first-order chi connectivity index (χ1) is 10.3. The fourth-order valence-electron chi connectivity index (χ4n) is 2.19. The maximum absolute atomic E-state index is 13.7. The molecule has 0 atom stereocenters. The summed E-state index contributed by atoms with van der Waals surface area (Å²) in [5.41, 5.74) is 1.47. The molecule has 1 aromatic carbocycles. The molecule has 0 radical (unpaired) electrons. The van der Waals surface area contributed by atoms with Crippen LogP contribution in [0.3, 0.4) is 0 Å². The van der Waals surface area contributed by atoms with Gasteiger partial charge in [0.05, 0.1) is 23.8 Å². The molecule has 8 heteroatoms. The summed E-state index contributed by atoms with van der Waals surface area (Å²) in [4.78, 5) is 12.2. The van der Waals surface area contributed by atoms with Gasteiger partial charge in [0.1, 0.15) is 11.4 Å². The Bertz CT molecular complexity index is 695. The summed E-state index contributed by atoms with van der Waals surface area (Å²) >= 11 is 0. The Morgan fingerprint density at radius 3 is 2.64 bits per heavy atom. The third-order valence-corrected chi connectivity index (χ3v) is 3.43. The fraction of sp³-hybridized carbons (Fsp3) is 0.357. The maximum Gasteiger partial charge on any atom is 0.295 e. The van der Waals surface area contributed by atoms with Crippen LogP contribution in [0.15, 0.2) is 16.7 Å². The van der Waals surface area contributed by atoms with Crippen LogP contribution in [-0.4, -0.2) is 24.2 Å². The van der Waals surface area contributed by atoms with Crippen LogP contribution in [0.25, 0.3) is 0 Å². The smallest absolute Gasteiger partial charge is 0.295 e. The van der Waals surface area contributed by atoms with Gasteiger partial charge in [0.25, 0.3) is 5.69 Å². The lowest BCUT2D eigenvalue weighted by atomic mass is 10.1. The van der Waals surface area contributed by atoms with Crippen LogP contribution in [0, 0.1) is 29.8 Å². The lowest BCUT2D eigenvalue weighted by molar-refractivity contribution is -0.384. The molecule has 22 heavy (non-hydrogen) atoms. The number of benzene rings is 1. The van der Waals surface area contributed by atoms with Gasteiger partial charge in [0.15, 0.2) is 11.6 Å². The van der Waals surface area contributed by atoms with Crippen molar-refractivity contribution in [2.75, 3.05) is 19.1 Å². The molecular weight excluding hydrogens is 293 g/mol. The number of nitro benzene ring substituents is 1. The summed E-state index contributed by atoms with van der Waals surface area (Å²) in [6, 6.07) is 2.17. The average Bonchev–Trinajstić information content (AvgIpc) is 2.78. The van der Waals surface area contributed by atoms with Gasteiger partial charge in [0.2, 0.25) is 0 Å². The molecule has 0 aliphatic rings. The molecule has 0 aliphatic carbocycles. The van der Waals surface area contributed by atoms with Gasteiger partial charge in [-0.2, -0.15) is 0 Å². The number of nitro groups is 1. The van der Waals surface area contributed by atoms with E-state index < -0.39 is 10.7 Å². The number of halogens is 1. The Labute approximate surface area is 126 Å². The zero-order valence-corrected chi connectivity index (χ0v) is 12.7. The van der Waals surface area contributed by atoms with Gasteiger partial charge in [-0.3, -0.25) is 10.1 Å². The van der Waals surface area contributed by atoms with E-state index in [0.29, 0.717) is 18.0 Å². The fourth-order valence-corrected chi connectivity index (χ4v) is 2.19. The highest BCUT2D eigenvalue weighted by Crippen LogP contribution is 2.35. The molecule has 1 heterocycles. The topological polar surface area (TPSA) is 81.6 Å². The van der Waals surface area contributed by atoms with Crippen molar-refractivity contribution < 1.29 is 18.6 Å². The van der Waals surface area contributed by atoms with Crippen LogP contribution in [0.4, 0.5) is 15.8 Å². The van der Waals surface area contributed by atoms with E-state index in [4.69, 9.17) is 9.26 Å². The quantitative estimate of drug-likeness (QED) is 0.624. The minimum absolute atomic E-state index is 0.0498. The number of rotatable bonds is 5. The Balaban J connectivity index is 2.44. The van der Waals surface area contributed by atoms with Crippen molar-refractivity contribution in [1.82, 2.24) is 5.16 Å². The van der Waals surface area contributed by atoms with Crippen molar-refractivity contribution in [1.29, 1.82) is 0 Å². The zero-order chi connectivity index (χ0) is 16.4. The molecule has 1 aromatic heterocycles. The van der Waals surface area contributed by atoms with E-state index in [0.717, 1.165) is 11.6 Å². The second kappa shape index (κ2) is 6.00. The predicted molar refractivity (Wildman–Crippen MR) is 77.7 cm³/mol. The van der Waals surface area contributed by atoms with Crippen molar-refractivity contribution in [3.05, 3.63) is 45.1 Å². The van der Waals surface area contributed by atoms with Gasteiger partial charge in [-0.05, 0) is 13.8 Å². The number of aryl methyl sites for hydroxylation is 2. The van der Waals surface area contributed by atoms with Crippen molar-refractivity contribution >= 4 is 11.4 Å². The normalized spacial score (nSPS) is 10.6. The minimum atomic E-state index is -0.774. The number of methoxy groups -OCH3 is 1. The summed E-state index contributed by atoms with van der Waals surface area (Å²) in [5, 5.41) is 15.0. The van der Waals surface area contributed by atoms with E-state index in [1.54, 1.807) is 25.8 Å². The number of anilines is 1. The average molecular weight is 309 g/mol. The van der Waals surface area contributed by atoms with Gasteiger partial charge >= 0.3 is 0 Å². The number of hydrogen-bond donors (Lipinski definition) is 0. The largest absolute Gasteiger partial charge is 0.494 e. The molecule has 0 bridgehead atoms. The summed E-state index contributed by atoms with van der Waals surface area (Å²) in [7, 11) is 2.98. The standard InChI is InChI=1S/C14H16FN3O4/c1-8-10(9(2)22-16-8)7-17(3)12-6-14(21-4)11(15)5-13(12)18(19)20/h5-6H,7H2,1-4H3. The van der Waals surface area contributed by atoms with E-state index in [9.17, 15) is 14.5 Å². The van der Waals surface area contributed by atoms with E-state index in [2.05, 4.69) is 5.16 Å². The third-order valence-electron chi connectivity index (χ3n) is 3.43. The van der Waals surface area contributed by atoms with Crippen molar-refractivity contribution in [2.24, 2.45) is 0 Å². The number of hydrogen-bond acceptors (Lipinski definition) is 6. The second-order valence-electron chi connectivity index (χ2n) is 4.89. The SMILES string of the molecule is COc1cc(N(C)Cc2c(C)noc2C)c([N+](=O)[O-])cc1F. The Morgan fingerprint density at radius 2 is 2.14 bits per heavy atom. The van der Waals surface area contributed by atoms with E-state index >= 15 is 0 Å². The van der Waals surface area contributed by atoms with Gasteiger partial charge in [-0.1, -0.05) is 5.16 Å². The second-order valence-corrected chi connectivity index (χ2v) is 4.89. The van der Waals surface area contributed by atoms with Crippen LogP contribution < -0.4 is 9.64 Å². The lowest BCUT2D eigenvalue weighted by Crippen LogP contribution is -2.19. The summed E-state index contributed by atoms with van der Waals surface area (Å²) < 4.78 is 23.7. The zero-order valence-electron chi connectivity index (χ0n) is 12.7. The molecule has 118 valence electrons. The van der Waals surface area contributed by atoms with E-state index in [1.165, 1.54) is 13.2 Å². The molecule has 0 fully saturated rings. The Kier molecular flexibility index (Phi) is 4.30. The molecule has 0 saturated heterocycles. The molecular formula is C14H16FN3O4. The molecule has 7 nitrogen and oxygen atoms in total. The van der Waals surface area contributed by atoms with Crippen molar-refractivity contribution in [3.8, 4) is 5.75 Å². The van der Waals surface area contributed by atoms with Gasteiger partial charge in [-0.15, -0.1) is 0 Å². The molecule has 2 aromatic rings. The highest BCUT2D eigenvalue weighted by molar-refractivity contribution is 5.66. The third kappa shape index (κ3) is 2.85. The van der Waals surface area contributed by atoms with Gasteiger partial charge in [0, 0.05) is 25.2 Å². The van der Waals surface area contributed by atoms with E-state index in [-0.39, 0.29) is 17.1 Å². The van der Waals surface area contributed by atoms with Crippen LogP contribution in [0.1, 0.15) is 17.0 Å². The molecule has 0 spiro atoms. The van der Waals surface area contributed by atoms with Crippen molar-refractivity contribution in [3.63, 3.8) is 0 Å². The lowest BCUT2D eigenvalue weighted by Gasteiger charge is -2.20. The summed E-state index contributed by atoms with van der Waals surface area (Å²) in [6.07, 6.45) is 0. The number of nitrogens with zero attached hydrogens (tertiary/aromatic N) is 3. The van der Waals surface area contributed by atoms with E-state index in [1.807, 2.05) is 0 Å². The first-order valence-corrected chi connectivity index (χ1v) is 6.50. The van der Waals surface area contributed by atoms with Crippen LogP contribution >= 0.6 is 0 Å². The van der Waals surface area contributed by atoms with Gasteiger partial charge in [-0.25, -0.2) is 4.39 Å². The predicted octanol–water partition coefficient (Wildman–Crippen LogP) is 2.98. The highest BCUT2D eigenvalue weighted by Gasteiger charge is 2.23. The molecule has 0 amide bonds.